The van der Waals surface area contributed by atoms with Crippen molar-refractivity contribution in [1.29, 1.82) is 0 Å². The predicted octanol–water partition coefficient (Wildman–Crippen LogP) is -0.451. The molecule has 2 aliphatic heterocycles. The van der Waals surface area contributed by atoms with Crippen molar-refractivity contribution in [2.75, 3.05) is 39.0 Å². The van der Waals surface area contributed by atoms with Gasteiger partial charge in [-0.2, -0.15) is 8.61 Å². The molecule has 1 fully saturated rings. The summed E-state index contributed by atoms with van der Waals surface area (Å²) >= 11 is 0. The van der Waals surface area contributed by atoms with Crippen LogP contribution in [0.5, 0.6) is 5.75 Å². The van der Waals surface area contributed by atoms with Gasteiger partial charge in [0.25, 0.3) is 11.5 Å². The van der Waals surface area contributed by atoms with E-state index in [9.17, 15) is 35.9 Å². The number of carbonyl (C=O) groups is 1. The summed E-state index contributed by atoms with van der Waals surface area (Å²) < 4.78 is 73.1. The van der Waals surface area contributed by atoms with Crippen LogP contribution in [0.15, 0.2) is 27.9 Å². The number of ether oxygens (including phenoxy) is 1. The number of hydrogen-bond donors (Lipinski definition) is 2. The number of fused-ring (bicyclic) bond motifs is 1. The molecule has 4 rings (SSSR count). The predicted molar refractivity (Wildman–Crippen MR) is 132 cm³/mol. The van der Waals surface area contributed by atoms with Crippen LogP contribution < -0.4 is 10.9 Å². The first-order chi connectivity index (χ1) is 17.6. The Morgan fingerprint density at radius 2 is 1.74 bits per heavy atom. The molecule has 0 aliphatic carbocycles. The van der Waals surface area contributed by atoms with E-state index in [1.54, 1.807) is 13.8 Å². The van der Waals surface area contributed by atoms with Gasteiger partial charge in [0.1, 0.15) is 17.2 Å². The molecule has 2 N–H and O–H groups in total. The maximum absolute atomic E-state index is 14.4. The number of rotatable bonds is 6. The summed E-state index contributed by atoms with van der Waals surface area (Å²) in [4.78, 5) is 29.2. The molecular formula is C22H28FN5O8S2. The van der Waals surface area contributed by atoms with E-state index in [4.69, 9.17) is 4.74 Å². The van der Waals surface area contributed by atoms with E-state index in [1.807, 2.05) is 0 Å². The Hall–Kier alpha value is -2.92. The van der Waals surface area contributed by atoms with Crippen molar-refractivity contribution in [1.82, 2.24) is 23.5 Å². The van der Waals surface area contributed by atoms with Crippen LogP contribution in [0.25, 0.3) is 0 Å². The van der Waals surface area contributed by atoms with Gasteiger partial charge < -0.3 is 15.2 Å². The molecule has 1 saturated heterocycles. The van der Waals surface area contributed by atoms with Gasteiger partial charge in [-0.15, -0.1) is 0 Å². The first-order valence-corrected chi connectivity index (χ1v) is 14.9. The number of nitrogens with zero attached hydrogens (tertiary/aromatic N) is 4. The molecule has 1 aromatic carbocycles. The lowest BCUT2D eigenvalue weighted by molar-refractivity contribution is -0.0566. The molecule has 0 unspecified atom stereocenters. The van der Waals surface area contributed by atoms with Gasteiger partial charge in [-0.1, -0.05) is 0 Å². The molecule has 1 amide bonds. The molecule has 13 nitrogen and oxygen atoms in total. The summed E-state index contributed by atoms with van der Waals surface area (Å²) in [6.45, 7) is 3.12. The number of nitrogens with one attached hydrogen (secondary N) is 1. The zero-order valence-electron chi connectivity index (χ0n) is 21.0. The van der Waals surface area contributed by atoms with Crippen molar-refractivity contribution in [2.24, 2.45) is 0 Å². The van der Waals surface area contributed by atoms with Gasteiger partial charge in [0.05, 0.1) is 24.3 Å². The number of aromatic hydroxyl groups is 1. The minimum Gasteiger partial charge on any atom is -0.501 e. The summed E-state index contributed by atoms with van der Waals surface area (Å²) in [5.41, 5.74) is -2.22. The average Bonchev–Trinajstić information content (AvgIpc) is 2.84. The minimum atomic E-state index is -4.15. The first-order valence-electron chi connectivity index (χ1n) is 11.6. The SMILES string of the molecule is CC1(C)OCCn2c1nc(C(=O)NCc1cc(F)cc(S(=O)(=O)N3CCN(S(C)(=O)=O)CC3)c1)c(O)c2=O. The fourth-order valence-electron chi connectivity index (χ4n) is 4.36. The maximum Gasteiger partial charge on any atom is 0.296 e. The van der Waals surface area contributed by atoms with Crippen molar-refractivity contribution >= 4 is 26.0 Å². The zero-order valence-corrected chi connectivity index (χ0v) is 22.6. The molecule has 2 aliphatic rings. The number of halogens is 1. The third-order valence-corrected chi connectivity index (χ3v) is 9.54. The standard InChI is InChI=1S/C22H28FN5O8S2/c1-22(2)21-25-17(18(29)20(31)28(21)8-9-36-22)19(30)24-13-14-10-15(23)12-16(11-14)38(34,35)27-6-4-26(5-7-27)37(3,32)33/h10-12,29H,4-9,13H2,1-3H3,(H,24,30). The highest BCUT2D eigenvalue weighted by molar-refractivity contribution is 7.89. The quantitative estimate of drug-likeness (QED) is 0.465. The average molecular weight is 574 g/mol. The largest absolute Gasteiger partial charge is 0.501 e. The molecule has 0 spiro atoms. The highest BCUT2D eigenvalue weighted by Gasteiger charge is 2.35. The lowest BCUT2D eigenvalue weighted by Crippen LogP contribution is -2.50. The van der Waals surface area contributed by atoms with Gasteiger partial charge in [-0.3, -0.25) is 14.2 Å². The number of carbonyl (C=O) groups excluding carboxylic acids is 1. The summed E-state index contributed by atoms with van der Waals surface area (Å²) in [6, 6.07) is 3.06. The molecule has 2 aromatic rings. The van der Waals surface area contributed by atoms with Crippen molar-refractivity contribution < 1.29 is 35.9 Å². The van der Waals surface area contributed by atoms with Crippen molar-refractivity contribution in [2.45, 2.75) is 37.4 Å². The Labute approximate surface area is 218 Å². The second-order valence-electron chi connectivity index (χ2n) is 9.49. The molecule has 0 saturated carbocycles. The number of benzene rings is 1. The molecule has 38 heavy (non-hydrogen) atoms. The molecule has 0 radical (unpaired) electrons. The maximum atomic E-state index is 14.4. The van der Waals surface area contributed by atoms with Gasteiger partial charge in [0.2, 0.25) is 25.8 Å². The number of amides is 1. The Morgan fingerprint density at radius 1 is 1.11 bits per heavy atom. The summed E-state index contributed by atoms with van der Waals surface area (Å²) in [5.74, 6) is -2.47. The molecule has 1 aromatic heterocycles. The number of aromatic nitrogens is 2. The molecule has 0 atom stereocenters. The topological polar surface area (TPSA) is 168 Å². The Balaban J connectivity index is 1.53. The monoisotopic (exact) mass is 573 g/mol. The lowest BCUT2D eigenvalue weighted by atomic mass is 10.1. The van der Waals surface area contributed by atoms with Crippen LogP contribution in [0.4, 0.5) is 4.39 Å². The smallest absolute Gasteiger partial charge is 0.296 e. The summed E-state index contributed by atoms with van der Waals surface area (Å²) in [5, 5.41) is 12.7. The number of piperazine rings is 1. The van der Waals surface area contributed by atoms with Crippen LogP contribution in [0.3, 0.4) is 0 Å². The number of sulfonamides is 2. The van der Waals surface area contributed by atoms with Gasteiger partial charge >= 0.3 is 0 Å². The van der Waals surface area contributed by atoms with Crippen LogP contribution >= 0.6 is 0 Å². The molecular weight excluding hydrogens is 545 g/mol. The second kappa shape index (κ2) is 10.00. The number of hydrogen-bond acceptors (Lipinski definition) is 9. The zero-order chi connectivity index (χ0) is 28.0. The normalized spacial score (nSPS) is 18.6. The summed E-state index contributed by atoms with van der Waals surface area (Å²) in [7, 11) is -7.62. The Bertz CT molecular complexity index is 1550. The van der Waals surface area contributed by atoms with Gasteiger partial charge in [0, 0.05) is 32.7 Å². The van der Waals surface area contributed by atoms with Gasteiger partial charge in [-0.05, 0) is 37.6 Å². The minimum absolute atomic E-state index is 0.0323. The van der Waals surface area contributed by atoms with E-state index in [1.165, 1.54) is 10.6 Å². The van der Waals surface area contributed by atoms with E-state index >= 15 is 0 Å². The summed E-state index contributed by atoms with van der Waals surface area (Å²) in [6.07, 6.45) is 1.04. The highest BCUT2D eigenvalue weighted by atomic mass is 32.2. The van der Waals surface area contributed by atoms with Gasteiger partial charge in [-0.25, -0.2) is 26.2 Å². The van der Waals surface area contributed by atoms with E-state index in [0.29, 0.717) is 0 Å². The van der Waals surface area contributed by atoms with E-state index in [-0.39, 0.29) is 62.2 Å². The highest BCUT2D eigenvalue weighted by Crippen LogP contribution is 2.27. The molecule has 208 valence electrons. The van der Waals surface area contributed by atoms with E-state index < -0.39 is 54.4 Å². The van der Waals surface area contributed by atoms with E-state index in [2.05, 4.69) is 10.3 Å². The van der Waals surface area contributed by atoms with Gasteiger partial charge in [0.15, 0.2) is 5.69 Å². The van der Waals surface area contributed by atoms with Crippen LogP contribution in [0, 0.1) is 5.82 Å². The van der Waals surface area contributed by atoms with E-state index in [0.717, 1.165) is 27.0 Å². The first kappa shape index (κ1) is 28.1. The molecule has 0 bridgehead atoms. The van der Waals surface area contributed by atoms with Crippen molar-refractivity contribution in [3.8, 4) is 5.75 Å². The van der Waals surface area contributed by atoms with Crippen molar-refractivity contribution in [3.05, 3.63) is 51.5 Å². The molecule has 3 heterocycles. The third-order valence-electron chi connectivity index (χ3n) is 6.37. The second-order valence-corrected chi connectivity index (χ2v) is 13.4. The molecule has 16 heteroatoms. The lowest BCUT2D eigenvalue weighted by Gasteiger charge is -2.32. The van der Waals surface area contributed by atoms with Crippen molar-refractivity contribution in [3.63, 3.8) is 0 Å². The fraction of sp³-hybridized carbons (Fsp3) is 0.500. The Morgan fingerprint density at radius 3 is 2.37 bits per heavy atom. The van der Waals surface area contributed by atoms with Crippen LogP contribution in [-0.2, 0) is 43.5 Å². The third kappa shape index (κ3) is 5.44. The van der Waals surface area contributed by atoms with Crippen LogP contribution in [-0.4, -0.2) is 85.1 Å². The fourth-order valence-corrected chi connectivity index (χ4v) is 6.69. The van der Waals surface area contributed by atoms with Crippen LogP contribution in [0.1, 0.15) is 35.7 Å². The van der Waals surface area contributed by atoms with Crippen LogP contribution in [0.2, 0.25) is 0 Å². The Kier molecular flexibility index (Phi) is 7.39.